The van der Waals surface area contributed by atoms with Crippen molar-refractivity contribution in [2.45, 2.75) is 32.2 Å². The van der Waals surface area contributed by atoms with Gasteiger partial charge < -0.3 is 11.5 Å². The van der Waals surface area contributed by atoms with Gasteiger partial charge >= 0.3 is 0 Å². The van der Waals surface area contributed by atoms with Gasteiger partial charge in [-0.3, -0.25) is 0 Å². The fourth-order valence-corrected chi connectivity index (χ4v) is 1.58. The topological polar surface area (TPSA) is 52.0 Å². The highest BCUT2D eigenvalue weighted by atomic mass is 14.8. The van der Waals surface area contributed by atoms with Crippen LogP contribution in [-0.2, 0) is 5.54 Å². The van der Waals surface area contributed by atoms with E-state index in [0.29, 0.717) is 0 Å². The van der Waals surface area contributed by atoms with E-state index in [1.807, 2.05) is 24.3 Å². The van der Waals surface area contributed by atoms with Gasteiger partial charge in [0.05, 0.1) is 0 Å². The lowest BCUT2D eigenvalue weighted by molar-refractivity contribution is 0.414. The van der Waals surface area contributed by atoms with Crippen LogP contribution in [0.5, 0.6) is 0 Å². The summed E-state index contributed by atoms with van der Waals surface area (Å²) in [5, 5.41) is 0. The molecule has 0 radical (unpaired) electrons. The van der Waals surface area contributed by atoms with Crippen molar-refractivity contribution in [1.82, 2.24) is 0 Å². The molecule has 0 bridgehead atoms. The van der Waals surface area contributed by atoms with Gasteiger partial charge in [0.2, 0.25) is 0 Å². The van der Waals surface area contributed by atoms with Crippen molar-refractivity contribution in [3.8, 4) is 0 Å². The molecule has 2 heteroatoms. The molecular weight excluding hydrogens is 160 g/mol. The Morgan fingerprint density at radius 1 is 1.15 bits per heavy atom. The number of anilines is 1. The monoisotopic (exact) mass is 178 g/mol. The van der Waals surface area contributed by atoms with E-state index in [1.165, 1.54) is 0 Å². The zero-order valence-corrected chi connectivity index (χ0v) is 8.38. The van der Waals surface area contributed by atoms with Crippen LogP contribution < -0.4 is 11.5 Å². The van der Waals surface area contributed by atoms with Crippen LogP contribution in [0.25, 0.3) is 0 Å². The van der Waals surface area contributed by atoms with E-state index in [-0.39, 0.29) is 5.54 Å². The molecule has 4 N–H and O–H groups in total. The average Bonchev–Trinajstić information content (AvgIpc) is 2.17. The number of rotatable bonds is 3. The quantitative estimate of drug-likeness (QED) is 0.697. The number of benzene rings is 1. The fraction of sp³-hybridized carbons (Fsp3) is 0.455. The standard InChI is InChI=1S/C11H18N2/c1-3-11(13,4-2)9-7-5-6-8-10(9)12/h5-8H,3-4,12-13H2,1-2H3. The minimum atomic E-state index is -0.259. The van der Waals surface area contributed by atoms with E-state index in [2.05, 4.69) is 13.8 Å². The van der Waals surface area contributed by atoms with Gasteiger partial charge in [-0.25, -0.2) is 0 Å². The molecule has 0 aliphatic heterocycles. The molecule has 1 rings (SSSR count). The summed E-state index contributed by atoms with van der Waals surface area (Å²) in [4.78, 5) is 0. The minimum Gasteiger partial charge on any atom is -0.398 e. The molecule has 0 aliphatic rings. The van der Waals surface area contributed by atoms with Crippen LogP contribution in [0.3, 0.4) is 0 Å². The van der Waals surface area contributed by atoms with Gasteiger partial charge in [0.1, 0.15) is 0 Å². The van der Waals surface area contributed by atoms with E-state index in [1.54, 1.807) is 0 Å². The highest BCUT2D eigenvalue weighted by molar-refractivity contribution is 5.50. The van der Waals surface area contributed by atoms with Crippen LogP contribution in [-0.4, -0.2) is 0 Å². The minimum absolute atomic E-state index is 0.259. The first-order valence-electron chi connectivity index (χ1n) is 4.78. The highest BCUT2D eigenvalue weighted by Crippen LogP contribution is 2.29. The Bertz CT molecular complexity index is 277. The van der Waals surface area contributed by atoms with Gasteiger partial charge in [-0.05, 0) is 24.5 Å². The van der Waals surface area contributed by atoms with Crippen molar-refractivity contribution in [2.24, 2.45) is 5.73 Å². The van der Waals surface area contributed by atoms with E-state index in [0.717, 1.165) is 24.1 Å². The lowest BCUT2D eigenvalue weighted by Gasteiger charge is -2.28. The SMILES string of the molecule is CCC(N)(CC)c1ccccc1N. The third-order valence-corrected chi connectivity index (χ3v) is 2.76. The number of hydrogen-bond acceptors (Lipinski definition) is 2. The summed E-state index contributed by atoms with van der Waals surface area (Å²) in [6.07, 6.45) is 1.83. The van der Waals surface area contributed by atoms with Crippen LogP contribution in [0, 0.1) is 0 Å². The van der Waals surface area contributed by atoms with E-state index < -0.39 is 0 Å². The summed E-state index contributed by atoms with van der Waals surface area (Å²) in [7, 11) is 0. The van der Waals surface area contributed by atoms with Crippen molar-refractivity contribution in [2.75, 3.05) is 5.73 Å². The molecule has 0 atom stereocenters. The molecule has 0 aromatic heterocycles. The second-order valence-electron chi connectivity index (χ2n) is 3.45. The van der Waals surface area contributed by atoms with Crippen molar-refractivity contribution in [1.29, 1.82) is 0 Å². The fourth-order valence-electron chi connectivity index (χ4n) is 1.58. The van der Waals surface area contributed by atoms with Crippen LogP contribution in [0.15, 0.2) is 24.3 Å². The first-order valence-corrected chi connectivity index (χ1v) is 4.78. The Morgan fingerprint density at radius 3 is 2.15 bits per heavy atom. The smallest absolute Gasteiger partial charge is 0.0424 e. The van der Waals surface area contributed by atoms with Gasteiger partial charge in [-0.15, -0.1) is 0 Å². The first kappa shape index (κ1) is 10.1. The van der Waals surface area contributed by atoms with Crippen LogP contribution in [0.1, 0.15) is 32.3 Å². The molecule has 0 saturated carbocycles. The number of para-hydroxylation sites is 1. The number of nitrogen functional groups attached to an aromatic ring is 1. The van der Waals surface area contributed by atoms with Gasteiger partial charge in [-0.1, -0.05) is 32.0 Å². The predicted octanol–water partition coefficient (Wildman–Crippen LogP) is 2.24. The second-order valence-corrected chi connectivity index (χ2v) is 3.45. The highest BCUT2D eigenvalue weighted by Gasteiger charge is 2.24. The average molecular weight is 178 g/mol. The molecule has 72 valence electrons. The van der Waals surface area contributed by atoms with Crippen LogP contribution >= 0.6 is 0 Å². The lowest BCUT2D eigenvalue weighted by atomic mass is 9.85. The summed E-state index contributed by atoms with van der Waals surface area (Å²) in [6, 6.07) is 7.84. The van der Waals surface area contributed by atoms with Crippen molar-refractivity contribution < 1.29 is 0 Å². The molecule has 13 heavy (non-hydrogen) atoms. The van der Waals surface area contributed by atoms with Crippen LogP contribution in [0.2, 0.25) is 0 Å². The van der Waals surface area contributed by atoms with Gasteiger partial charge in [0.25, 0.3) is 0 Å². The zero-order chi connectivity index (χ0) is 9.90. The van der Waals surface area contributed by atoms with E-state index in [4.69, 9.17) is 11.5 Å². The Kier molecular flexibility index (Phi) is 2.94. The summed E-state index contributed by atoms with van der Waals surface area (Å²) in [6.45, 7) is 4.19. The molecular formula is C11H18N2. The largest absolute Gasteiger partial charge is 0.398 e. The molecule has 0 amide bonds. The first-order chi connectivity index (χ1) is 6.14. The summed E-state index contributed by atoms with van der Waals surface area (Å²) < 4.78 is 0. The van der Waals surface area contributed by atoms with Crippen LogP contribution in [0.4, 0.5) is 5.69 Å². The molecule has 0 aliphatic carbocycles. The van der Waals surface area contributed by atoms with Gasteiger partial charge in [0, 0.05) is 11.2 Å². The molecule has 0 unspecified atom stereocenters. The zero-order valence-electron chi connectivity index (χ0n) is 8.38. The lowest BCUT2D eigenvalue weighted by Crippen LogP contribution is -2.35. The van der Waals surface area contributed by atoms with E-state index in [9.17, 15) is 0 Å². The number of nitrogens with two attached hydrogens (primary N) is 2. The summed E-state index contributed by atoms with van der Waals surface area (Å²) in [5.74, 6) is 0. The third-order valence-electron chi connectivity index (χ3n) is 2.76. The van der Waals surface area contributed by atoms with Crippen molar-refractivity contribution in [3.05, 3.63) is 29.8 Å². The third kappa shape index (κ3) is 1.83. The normalized spacial score (nSPS) is 11.6. The molecule has 0 saturated heterocycles. The number of hydrogen-bond donors (Lipinski definition) is 2. The Labute approximate surface area is 79.9 Å². The summed E-state index contributed by atoms with van der Waals surface area (Å²) in [5.41, 5.74) is 13.7. The molecule has 0 spiro atoms. The maximum Gasteiger partial charge on any atom is 0.0424 e. The molecule has 2 nitrogen and oxygen atoms in total. The Balaban J connectivity index is 3.12. The molecule has 1 aromatic rings. The van der Waals surface area contributed by atoms with Crippen molar-refractivity contribution >= 4 is 5.69 Å². The van der Waals surface area contributed by atoms with Crippen molar-refractivity contribution in [3.63, 3.8) is 0 Å². The van der Waals surface area contributed by atoms with Gasteiger partial charge in [0.15, 0.2) is 0 Å². The predicted molar refractivity (Wildman–Crippen MR) is 57.3 cm³/mol. The molecule has 0 heterocycles. The molecule has 0 fully saturated rings. The molecule has 1 aromatic carbocycles. The Morgan fingerprint density at radius 2 is 1.69 bits per heavy atom. The van der Waals surface area contributed by atoms with Gasteiger partial charge in [-0.2, -0.15) is 0 Å². The maximum atomic E-state index is 6.24. The second kappa shape index (κ2) is 3.79. The summed E-state index contributed by atoms with van der Waals surface area (Å²) >= 11 is 0. The Hall–Kier alpha value is -1.02. The maximum absolute atomic E-state index is 6.24. The van der Waals surface area contributed by atoms with E-state index >= 15 is 0 Å².